The summed E-state index contributed by atoms with van der Waals surface area (Å²) in [6.45, 7) is 5.50. The van der Waals surface area contributed by atoms with Crippen LogP contribution in [0.3, 0.4) is 0 Å². The van der Waals surface area contributed by atoms with Crippen molar-refractivity contribution in [3.8, 4) is 0 Å². The predicted octanol–water partition coefficient (Wildman–Crippen LogP) is 3.74. The molecule has 1 fully saturated rings. The summed E-state index contributed by atoms with van der Waals surface area (Å²) in [6.07, 6.45) is 0.276. The second-order valence-electron chi connectivity index (χ2n) is 7.41. The van der Waals surface area contributed by atoms with E-state index in [2.05, 4.69) is 24.5 Å². The van der Waals surface area contributed by atoms with Gasteiger partial charge < -0.3 is 10.6 Å². The number of anilines is 1. The summed E-state index contributed by atoms with van der Waals surface area (Å²) in [6, 6.07) is 12.2. The Labute approximate surface area is 169 Å². The summed E-state index contributed by atoms with van der Waals surface area (Å²) in [5, 5.41) is 5.38. The van der Waals surface area contributed by atoms with Crippen LogP contribution in [0.2, 0.25) is 0 Å². The van der Waals surface area contributed by atoms with E-state index in [1.807, 2.05) is 12.1 Å². The third-order valence-corrected chi connectivity index (χ3v) is 5.21. The highest BCUT2D eigenvalue weighted by Gasteiger charge is 2.51. The second kappa shape index (κ2) is 8.03. The Kier molecular flexibility index (Phi) is 5.68. The first-order valence-electron chi connectivity index (χ1n) is 9.57. The number of urea groups is 1. The van der Waals surface area contributed by atoms with E-state index in [4.69, 9.17) is 0 Å². The zero-order valence-corrected chi connectivity index (χ0v) is 16.7. The van der Waals surface area contributed by atoms with Gasteiger partial charge in [0.25, 0.3) is 5.91 Å². The smallest absolute Gasteiger partial charge is 0.325 e. The molecule has 2 aromatic rings. The fraction of sp³-hybridized carbons (Fsp3) is 0.318. The molecule has 0 aromatic heterocycles. The van der Waals surface area contributed by atoms with Crippen molar-refractivity contribution in [1.82, 2.24) is 10.2 Å². The van der Waals surface area contributed by atoms with Gasteiger partial charge in [-0.15, -0.1) is 0 Å². The largest absolute Gasteiger partial charge is 0.325 e. The van der Waals surface area contributed by atoms with Gasteiger partial charge in [0.05, 0.1) is 0 Å². The number of benzene rings is 2. The summed E-state index contributed by atoms with van der Waals surface area (Å²) in [7, 11) is 0. The molecule has 2 aromatic carbocycles. The SMILES string of the molecule is CC[C@]1(c2ccc(F)cc2)NC(=O)N(CC(=O)Nc2ccc(C(C)C)cc2)C1=O. The first kappa shape index (κ1) is 20.5. The van der Waals surface area contributed by atoms with Gasteiger partial charge in [-0.05, 0) is 47.7 Å². The molecule has 0 saturated carbocycles. The molecule has 0 unspecified atom stereocenters. The first-order valence-corrected chi connectivity index (χ1v) is 9.57. The molecule has 0 radical (unpaired) electrons. The van der Waals surface area contributed by atoms with E-state index in [0.29, 0.717) is 17.2 Å². The molecule has 1 atom stereocenters. The van der Waals surface area contributed by atoms with Crippen LogP contribution in [0.5, 0.6) is 0 Å². The van der Waals surface area contributed by atoms with Gasteiger partial charge in [0.15, 0.2) is 0 Å². The van der Waals surface area contributed by atoms with Crippen molar-refractivity contribution >= 4 is 23.5 Å². The van der Waals surface area contributed by atoms with Crippen molar-refractivity contribution in [2.75, 3.05) is 11.9 Å². The molecule has 1 heterocycles. The Bertz CT molecular complexity index is 925. The molecule has 4 amide bonds. The number of halogens is 1. The molecule has 0 bridgehead atoms. The van der Waals surface area contributed by atoms with Crippen LogP contribution >= 0.6 is 0 Å². The summed E-state index contributed by atoms with van der Waals surface area (Å²) in [5.74, 6) is -1.06. The minimum absolute atomic E-state index is 0.276. The van der Waals surface area contributed by atoms with E-state index in [-0.39, 0.29) is 6.42 Å². The summed E-state index contributed by atoms with van der Waals surface area (Å²) in [5.41, 5.74) is 0.909. The number of carbonyl (C=O) groups is 3. The van der Waals surface area contributed by atoms with Gasteiger partial charge in [0, 0.05) is 5.69 Å². The minimum atomic E-state index is -1.30. The monoisotopic (exact) mass is 397 g/mol. The third kappa shape index (κ3) is 3.99. The summed E-state index contributed by atoms with van der Waals surface area (Å²) >= 11 is 0. The molecular formula is C22H24FN3O3. The highest BCUT2D eigenvalue weighted by Crippen LogP contribution is 2.32. The van der Waals surface area contributed by atoms with E-state index >= 15 is 0 Å². The minimum Gasteiger partial charge on any atom is -0.325 e. The Morgan fingerprint density at radius 1 is 1.10 bits per heavy atom. The molecule has 2 N–H and O–H groups in total. The quantitative estimate of drug-likeness (QED) is 0.729. The molecule has 3 rings (SSSR count). The fourth-order valence-electron chi connectivity index (χ4n) is 3.44. The van der Waals surface area contributed by atoms with Crippen LogP contribution < -0.4 is 10.6 Å². The van der Waals surface area contributed by atoms with Crippen LogP contribution in [0.15, 0.2) is 48.5 Å². The van der Waals surface area contributed by atoms with Crippen molar-refractivity contribution < 1.29 is 18.8 Å². The van der Waals surface area contributed by atoms with Gasteiger partial charge >= 0.3 is 6.03 Å². The van der Waals surface area contributed by atoms with E-state index < -0.39 is 35.7 Å². The molecule has 1 saturated heterocycles. The number of nitrogens with one attached hydrogen (secondary N) is 2. The third-order valence-electron chi connectivity index (χ3n) is 5.21. The molecular weight excluding hydrogens is 373 g/mol. The van der Waals surface area contributed by atoms with Crippen molar-refractivity contribution in [3.63, 3.8) is 0 Å². The maximum Gasteiger partial charge on any atom is 0.325 e. The molecule has 1 aliphatic rings. The van der Waals surface area contributed by atoms with E-state index in [9.17, 15) is 18.8 Å². The van der Waals surface area contributed by atoms with Crippen LogP contribution in [0, 0.1) is 5.82 Å². The number of imide groups is 1. The molecule has 1 aliphatic heterocycles. The van der Waals surface area contributed by atoms with Crippen molar-refractivity contribution in [3.05, 3.63) is 65.5 Å². The topological polar surface area (TPSA) is 78.5 Å². The second-order valence-corrected chi connectivity index (χ2v) is 7.41. The Morgan fingerprint density at radius 2 is 1.72 bits per heavy atom. The number of amides is 4. The molecule has 7 heteroatoms. The van der Waals surface area contributed by atoms with E-state index in [1.54, 1.807) is 19.1 Å². The van der Waals surface area contributed by atoms with Crippen molar-refractivity contribution in [1.29, 1.82) is 0 Å². The first-order chi connectivity index (χ1) is 13.8. The van der Waals surface area contributed by atoms with Crippen LogP contribution in [0.25, 0.3) is 0 Å². The normalized spacial score (nSPS) is 18.9. The predicted molar refractivity (Wildman–Crippen MR) is 108 cm³/mol. The maximum atomic E-state index is 13.3. The highest BCUT2D eigenvalue weighted by molar-refractivity contribution is 6.10. The van der Waals surface area contributed by atoms with Gasteiger partial charge in [-0.1, -0.05) is 45.0 Å². The molecule has 0 spiro atoms. The maximum absolute atomic E-state index is 13.3. The lowest BCUT2D eigenvalue weighted by Crippen LogP contribution is -2.44. The average Bonchev–Trinajstić information content (AvgIpc) is 2.94. The van der Waals surface area contributed by atoms with Crippen molar-refractivity contribution in [2.24, 2.45) is 0 Å². The number of carbonyl (C=O) groups excluding carboxylic acids is 3. The molecule has 0 aliphatic carbocycles. The van der Waals surface area contributed by atoms with Crippen LogP contribution in [-0.2, 0) is 15.1 Å². The number of rotatable bonds is 6. The van der Waals surface area contributed by atoms with E-state index in [1.165, 1.54) is 24.3 Å². The van der Waals surface area contributed by atoms with Gasteiger partial charge in [0.2, 0.25) is 5.91 Å². The molecule has 152 valence electrons. The van der Waals surface area contributed by atoms with Gasteiger partial charge in [-0.25, -0.2) is 9.18 Å². The summed E-state index contributed by atoms with van der Waals surface area (Å²) < 4.78 is 13.3. The van der Waals surface area contributed by atoms with Crippen LogP contribution in [0.1, 0.15) is 44.2 Å². The zero-order valence-electron chi connectivity index (χ0n) is 16.7. The lowest BCUT2D eigenvalue weighted by molar-refractivity contribution is -0.134. The zero-order chi connectivity index (χ0) is 21.2. The lowest BCUT2D eigenvalue weighted by atomic mass is 9.87. The fourth-order valence-corrected chi connectivity index (χ4v) is 3.44. The van der Waals surface area contributed by atoms with Crippen molar-refractivity contribution in [2.45, 2.75) is 38.6 Å². The standard InChI is InChI=1S/C22H24FN3O3/c1-4-22(16-7-9-17(23)10-8-16)20(28)26(21(29)25-22)13-19(27)24-18-11-5-15(6-12-18)14(2)3/h5-12,14H,4,13H2,1-3H3,(H,24,27)(H,25,29)/t22-/m1/s1. The Morgan fingerprint density at radius 3 is 2.28 bits per heavy atom. The highest BCUT2D eigenvalue weighted by atomic mass is 19.1. The van der Waals surface area contributed by atoms with Crippen LogP contribution in [0.4, 0.5) is 14.9 Å². The van der Waals surface area contributed by atoms with Gasteiger partial charge in [0.1, 0.15) is 17.9 Å². The van der Waals surface area contributed by atoms with Crippen LogP contribution in [-0.4, -0.2) is 29.3 Å². The molecule has 6 nitrogen and oxygen atoms in total. The number of hydrogen-bond donors (Lipinski definition) is 2. The van der Waals surface area contributed by atoms with Gasteiger partial charge in [-0.2, -0.15) is 0 Å². The number of hydrogen-bond acceptors (Lipinski definition) is 3. The number of nitrogens with zero attached hydrogens (tertiary/aromatic N) is 1. The molecule has 29 heavy (non-hydrogen) atoms. The lowest BCUT2D eigenvalue weighted by Gasteiger charge is -2.25. The Balaban J connectivity index is 1.73. The van der Waals surface area contributed by atoms with E-state index in [0.717, 1.165) is 10.5 Å². The van der Waals surface area contributed by atoms with Gasteiger partial charge in [-0.3, -0.25) is 14.5 Å². The summed E-state index contributed by atoms with van der Waals surface area (Å²) in [4.78, 5) is 38.8. The average molecular weight is 397 g/mol. The Hall–Kier alpha value is -3.22.